The summed E-state index contributed by atoms with van der Waals surface area (Å²) in [5, 5.41) is 0. The van der Waals surface area contributed by atoms with Crippen LogP contribution in [0.1, 0.15) is 46.5 Å². The van der Waals surface area contributed by atoms with Crippen LogP contribution in [0.3, 0.4) is 0 Å². The molecule has 0 saturated carbocycles. The Morgan fingerprint density at radius 1 is 1.00 bits per heavy atom. The Balaban J connectivity index is 1.63. The lowest BCUT2D eigenvalue weighted by atomic mass is 9.97. The molecule has 3 rings (SSSR count). The maximum absolute atomic E-state index is 14.7. The van der Waals surface area contributed by atoms with Crippen LogP contribution in [0.15, 0.2) is 66.5 Å². The molecule has 1 heterocycles. The van der Waals surface area contributed by atoms with Crippen molar-refractivity contribution in [2.75, 3.05) is 13.2 Å². The van der Waals surface area contributed by atoms with Gasteiger partial charge in [0.2, 0.25) is 0 Å². The SMILES string of the molecule is CC(C)CC(/C=C(\F)CN1C(=O)c2ccccc2C1=O)COCc1ccccc1. The fourth-order valence-electron chi connectivity index (χ4n) is 3.53. The number of carbonyl (C=O) groups excluding carboxylic acids is 2. The Kier molecular flexibility index (Phi) is 6.94. The average molecular weight is 395 g/mol. The highest BCUT2D eigenvalue weighted by molar-refractivity contribution is 6.21. The van der Waals surface area contributed by atoms with Crippen molar-refractivity contribution in [3.05, 3.63) is 83.2 Å². The monoisotopic (exact) mass is 395 g/mol. The Hall–Kier alpha value is -2.79. The Bertz CT molecular complexity index is 857. The molecule has 0 N–H and O–H groups in total. The lowest BCUT2D eigenvalue weighted by Crippen LogP contribution is -2.31. The van der Waals surface area contributed by atoms with E-state index in [-0.39, 0.29) is 12.5 Å². The molecule has 1 aliphatic rings. The van der Waals surface area contributed by atoms with Crippen molar-refractivity contribution in [3.63, 3.8) is 0 Å². The van der Waals surface area contributed by atoms with E-state index in [1.807, 2.05) is 30.3 Å². The van der Waals surface area contributed by atoms with Crippen molar-refractivity contribution < 1.29 is 18.7 Å². The van der Waals surface area contributed by atoms with Crippen LogP contribution in [0.25, 0.3) is 0 Å². The number of halogens is 1. The highest BCUT2D eigenvalue weighted by Crippen LogP contribution is 2.24. The summed E-state index contributed by atoms with van der Waals surface area (Å²) in [6, 6.07) is 16.4. The summed E-state index contributed by atoms with van der Waals surface area (Å²) in [7, 11) is 0. The summed E-state index contributed by atoms with van der Waals surface area (Å²) < 4.78 is 20.5. The quantitative estimate of drug-likeness (QED) is 0.561. The highest BCUT2D eigenvalue weighted by Gasteiger charge is 2.35. The van der Waals surface area contributed by atoms with E-state index in [9.17, 15) is 14.0 Å². The van der Waals surface area contributed by atoms with Gasteiger partial charge in [0.1, 0.15) is 5.83 Å². The molecule has 0 aromatic heterocycles. The molecule has 5 heteroatoms. The fraction of sp³-hybridized carbons (Fsp3) is 0.333. The number of rotatable bonds is 9. The van der Waals surface area contributed by atoms with Gasteiger partial charge in [0, 0.05) is 5.92 Å². The van der Waals surface area contributed by atoms with Gasteiger partial charge in [-0.1, -0.05) is 56.3 Å². The Morgan fingerprint density at radius 2 is 1.59 bits per heavy atom. The fourth-order valence-corrected chi connectivity index (χ4v) is 3.53. The predicted octanol–water partition coefficient (Wildman–Crippen LogP) is 5.02. The molecule has 4 nitrogen and oxygen atoms in total. The molecule has 0 spiro atoms. The van der Waals surface area contributed by atoms with Crippen molar-refractivity contribution in [2.24, 2.45) is 11.8 Å². The predicted molar refractivity (Wildman–Crippen MR) is 110 cm³/mol. The third kappa shape index (κ3) is 5.39. The molecule has 2 aromatic rings. The lowest BCUT2D eigenvalue weighted by molar-refractivity contribution is 0.0658. The number of imide groups is 1. The van der Waals surface area contributed by atoms with Gasteiger partial charge >= 0.3 is 0 Å². The maximum atomic E-state index is 14.7. The normalized spacial score (nSPS) is 15.2. The minimum atomic E-state index is -0.492. The minimum Gasteiger partial charge on any atom is -0.376 e. The average Bonchev–Trinajstić information content (AvgIpc) is 2.93. The second-order valence-corrected chi connectivity index (χ2v) is 7.75. The van der Waals surface area contributed by atoms with Crippen molar-refractivity contribution in [3.8, 4) is 0 Å². The third-order valence-corrected chi connectivity index (χ3v) is 4.82. The van der Waals surface area contributed by atoms with Gasteiger partial charge in [-0.2, -0.15) is 0 Å². The van der Waals surface area contributed by atoms with Gasteiger partial charge in [0.05, 0.1) is 30.9 Å². The topological polar surface area (TPSA) is 46.6 Å². The number of nitrogens with zero attached hydrogens (tertiary/aromatic N) is 1. The summed E-state index contributed by atoms with van der Waals surface area (Å²) in [6.07, 6.45) is 2.25. The molecular weight excluding hydrogens is 369 g/mol. The zero-order valence-corrected chi connectivity index (χ0v) is 16.8. The standard InChI is InChI=1S/C24H26FNO3/c1-17(2)12-19(16-29-15-18-8-4-3-5-9-18)13-20(25)14-26-23(27)21-10-6-7-11-22(21)24(26)28/h3-11,13,17,19H,12,14-16H2,1-2H3/b20-13-. The lowest BCUT2D eigenvalue weighted by Gasteiger charge is -2.18. The molecule has 0 fully saturated rings. The van der Waals surface area contributed by atoms with E-state index in [4.69, 9.17) is 4.74 Å². The first kappa shape index (κ1) is 20.9. The molecule has 0 bridgehead atoms. The molecule has 1 aliphatic heterocycles. The van der Waals surface area contributed by atoms with E-state index in [1.165, 1.54) is 6.08 Å². The first-order valence-corrected chi connectivity index (χ1v) is 9.88. The summed E-state index contributed by atoms with van der Waals surface area (Å²) in [5.41, 5.74) is 1.72. The van der Waals surface area contributed by atoms with Gasteiger partial charge in [-0.25, -0.2) is 4.39 Å². The molecule has 0 saturated heterocycles. The van der Waals surface area contributed by atoms with Crippen LogP contribution in [-0.2, 0) is 11.3 Å². The Labute approximate surface area is 171 Å². The first-order valence-electron chi connectivity index (χ1n) is 9.88. The van der Waals surface area contributed by atoms with Crippen molar-refractivity contribution in [1.82, 2.24) is 4.90 Å². The number of fused-ring (bicyclic) bond motifs is 1. The zero-order chi connectivity index (χ0) is 20.8. The molecule has 2 amide bonds. The van der Waals surface area contributed by atoms with Crippen molar-refractivity contribution in [1.29, 1.82) is 0 Å². The van der Waals surface area contributed by atoms with E-state index in [1.54, 1.807) is 24.3 Å². The first-order chi connectivity index (χ1) is 14.0. The van der Waals surface area contributed by atoms with Gasteiger partial charge in [0.15, 0.2) is 0 Å². The molecule has 0 aliphatic carbocycles. The molecule has 2 aromatic carbocycles. The Morgan fingerprint density at radius 3 is 2.17 bits per heavy atom. The number of ether oxygens (including phenoxy) is 1. The van der Waals surface area contributed by atoms with Crippen molar-refractivity contribution in [2.45, 2.75) is 26.9 Å². The number of amides is 2. The molecular formula is C24H26FNO3. The van der Waals surface area contributed by atoms with E-state index < -0.39 is 17.6 Å². The minimum absolute atomic E-state index is 0.131. The summed E-state index contributed by atoms with van der Waals surface area (Å²) >= 11 is 0. The summed E-state index contributed by atoms with van der Waals surface area (Å²) in [6.45, 7) is 4.63. The van der Waals surface area contributed by atoms with Gasteiger partial charge in [0.25, 0.3) is 11.8 Å². The summed E-state index contributed by atoms with van der Waals surface area (Å²) in [5.74, 6) is -1.16. The van der Waals surface area contributed by atoms with Gasteiger partial charge < -0.3 is 4.74 Å². The second-order valence-electron chi connectivity index (χ2n) is 7.75. The zero-order valence-electron chi connectivity index (χ0n) is 16.8. The third-order valence-electron chi connectivity index (χ3n) is 4.82. The van der Waals surface area contributed by atoms with Crippen molar-refractivity contribution >= 4 is 11.8 Å². The van der Waals surface area contributed by atoms with Gasteiger partial charge in [-0.3, -0.25) is 14.5 Å². The summed E-state index contributed by atoms with van der Waals surface area (Å²) in [4.78, 5) is 25.8. The molecule has 1 unspecified atom stereocenters. The number of carbonyl (C=O) groups is 2. The van der Waals surface area contributed by atoms with Gasteiger partial charge in [-0.15, -0.1) is 0 Å². The second kappa shape index (κ2) is 9.61. The van der Waals surface area contributed by atoms with Crippen LogP contribution >= 0.6 is 0 Å². The van der Waals surface area contributed by atoms with Crippen LogP contribution in [0.4, 0.5) is 4.39 Å². The van der Waals surface area contributed by atoms with Crippen LogP contribution in [0.2, 0.25) is 0 Å². The van der Waals surface area contributed by atoms with Crippen LogP contribution in [0.5, 0.6) is 0 Å². The van der Waals surface area contributed by atoms with E-state index >= 15 is 0 Å². The number of hydrogen-bond acceptors (Lipinski definition) is 3. The molecule has 1 atom stereocenters. The van der Waals surface area contributed by atoms with Gasteiger partial charge in [-0.05, 0) is 36.1 Å². The van der Waals surface area contributed by atoms with E-state index in [0.29, 0.717) is 30.3 Å². The van der Waals surface area contributed by atoms with Crippen LogP contribution in [-0.4, -0.2) is 29.9 Å². The molecule has 0 radical (unpaired) electrons. The highest BCUT2D eigenvalue weighted by atomic mass is 19.1. The smallest absolute Gasteiger partial charge is 0.261 e. The van der Waals surface area contributed by atoms with Crippen LogP contribution < -0.4 is 0 Å². The number of hydrogen-bond donors (Lipinski definition) is 0. The van der Waals surface area contributed by atoms with E-state index in [2.05, 4.69) is 13.8 Å². The molecule has 29 heavy (non-hydrogen) atoms. The number of benzene rings is 2. The largest absolute Gasteiger partial charge is 0.376 e. The maximum Gasteiger partial charge on any atom is 0.261 e. The van der Waals surface area contributed by atoms with Crippen LogP contribution in [0, 0.1) is 11.8 Å². The van der Waals surface area contributed by atoms with E-state index in [0.717, 1.165) is 16.9 Å². The molecule has 152 valence electrons.